The highest BCUT2D eigenvalue weighted by Gasteiger charge is 2.22. The van der Waals surface area contributed by atoms with E-state index in [0.29, 0.717) is 6.54 Å². The number of nitrogens with one attached hydrogen (secondary N) is 1. The molecule has 1 aliphatic heterocycles. The maximum atomic E-state index is 12.6. The zero-order valence-corrected chi connectivity index (χ0v) is 16.2. The van der Waals surface area contributed by atoms with Crippen LogP contribution in [0.2, 0.25) is 0 Å². The molecule has 156 valence electrons. The number of rotatable bonds is 8. The van der Waals surface area contributed by atoms with Crippen LogP contribution in [0.1, 0.15) is 30.1 Å². The van der Waals surface area contributed by atoms with E-state index < -0.39 is 12.7 Å². The molecule has 1 unspecified atom stereocenters. The lowest BCUT2D eigenvalue weighted by Crippen LogP contribution is -2.42. The van der Waals surface area contributed by atoms with Crippen LogP contribution in [-0.4, -0.2) is 30.8 Å². The largest absolute Gasteiger partial charge is 0.434 e. The zero-order chi connectivity index (χ0) is 20.6. The Kier molecular flexibility index (Phi) is 7.43. The Morgan fingerprint density at radius 2 is 1.83 bits per heavy atom. The van der Waals surface area contributed by atoms with E-state index >= 15 is 0 Å². The molecule has 0 radical (unpaired) electrons. The smallest absolute Gasteiger partial charge is 0.387 e. The van der Waals surface area contributed by atoms with Gasteiger partial charge >= 0.3 is 6.61 Å². The molecule has 0 amide bonds. The van der Waals surface area contributed by atoms with Crippen LogP contribution in [0.4, 0.5) is 14.5 Å². The summed E-state index contributed by atoms with van der Waals surface area (Å²) in [5, 5.41) is 13.8. The van der Waals surface area contributed by atoms with Gasteiger partial charge in [-0.15, -0.1) is 0 Å². The zero-order valence-electron chi connectivity index (χ0n) is 16.2. The third-order valence-electron chi connectivity index (χ3n) is 5.15. The molecule has 0 bridgehead atoms. The minimum absolute atomic E-state index is 0.211. The van der Waals surface area contributed by atoms with Crippen LogP contribution in [0.25, 0.3) is 0 Å². The topological polar surface area (TPSA) is 70.8 Å². The number of nitrogens with two attached hydrogens (primary N) is 1. The van der Waals surface area contributed by atoms with Crippen molar-refractivity contribution in [3.63, 3.8) is 0 Å². The first-order chi connectivity index (χ1) is 14.1. The summed E-state index contributed by atoms with van der Waals surface area (Å²) in [5.74, 6) is 0.211. The van der Waals surface area contributed by atoms with Crippen LogP contribution >= 0.6 is 0 Å². The molecule has 1 aliphatic rings. The second-order valence-corrected chi connectivity index (χ2v) is 7.02. The van der Waals surface area contributed by atoms with Crippen molar-refractivity contribution in [2.45, 2.75) is 38.1 Å². The standard InChI is InChI=1S/C22H27F2N3O2/c23-22(24)29-21-8-4-1-5-16(21)15-26-17-10-13-27(14-11-17)19-7-3-2-6-18(19)20(28)9-12-25/h1-9,12,17,20,22,26,28H,10-11,13-15,25H2/b12-9+. The number of aliphatic hydroxyl groups excluding tert-OH is 1. The van der Waals surface area contributed by atoms with Gasteiger partial charge < -0.3 is 25.8 Å². The lowest BCUT2D eigenvalue weighted by atomic mass is 10.0. The third-order valence-corrected chi connectivity index (χ3v) is 5.15. The molecule has 1 fully saturated rings. The molecule has 3 rings (SSSR count). The Bertz CT molecular complexity index is 808. The van der Waals surface area contributed by atoms with Gasteiger partial charge in [0.2, 0.25) is 0 Å². The van der Waals surface area contributed by atoms with Crippen LogP contribution in [-0.2, 0) is 6.54 Å². The fourth-order valence-electron chi connectivity index (χ4n) is 3.67. The van der Waals surface area contributed by atoms with Gasteiger partial charge in [-0.2, -0.15) is 8.78 Å². The fraction of sp³-hybridized carbons (Fsp3) is 0.364. The number of halogens is 2. The van der Waals surface area contributed by atoms with Gasteiger partial charge in [0.15, 0.2) is 0 Å². The van der Waals surface area contributed by atoms with E-state index in [1.54, 1.807) is 24.3 Å². The molecule has 4 N–H and O–H groups in total. The monoisotopic (exact) mass is 403 g/mol. The van der Waals surface area contributed by atoms with Gasteiger partial charge in [0.25, 0.3) is 0 Å². The van der Waals surface area contributed by atoms with E-state index in [1.807, 2.05) is 30.3 Å². The SMILES string of the molecule is N/C=C/C(O)c1ccccc1N1CCC(NCc2ccccc2OC(F)F)CC1. The minimum atomic E-state index is -2.83. The molecule has 1 heterocycles. The van der Waals surface area contributed by atoms with Crippen molar-refractivity contribution in [1.82, 2.24) is 5.32 Å². The number of hydrogen-bond acceptors (Lipinski definition) is 5. The third kappa shape index (κ3) is 5.68. The first-order valence-corrected chi connectivity index (χ1v) is 9.75. The summed E-state index contributed by atoms with van der Waals surface area (Å²) < 4.78 is 29.7. The number of ether oxygens (including phenoxy) is 1. The van der Waals surface area contributed by atoms with E-state index in [9.17, 15) is 13.9 Å². The molecule has 1 atom stereocenters. The second-order valence-electron chi connectivity index (χ2n) is 7.02. The Balaban J connectivity index is 1.57. The quantitative estimate of drug-likeness (QED) is 0.629. The summed E-state index contributed by atoms with van der Waals surface area (Å²) in [6.07, 6.45) is 4.00. The van der Waals surface area contributed by atoms with Crippen LogP contribution in [0.15, 0.2) is 60.8 Å². The number of para-hydroxylation sites is 2. The van der Waals surface area contributed by atoms with Gasteiger partial charge in [-0.05, 0) is 37.3 Å². The number of benzene rings is 2. The summed E-state index contributed by atoms with van der Waals surface area (Å²) in [4.78, 5) is 2.26. The number of anilines is 1. The van der Waals surface area contributed by atoms with Crippen molar-refractivity contribution in [1.29, 1.82) is 0 Å². The number of aliphatic hydroxyl groups is 1. The predicted molar refractivity (Wildman–Crippen MR) is 110 cm³/mol. The molecular formula is C22H27F2N3O2. The molecule has 0 spiro atoms. The average molecular weight is 403 g/mol. The van der Waals surface area contributed by atoms with Crippen molar-refractivity contribution in [2.75, 3.05) is 18.0 Å². The van der Waals surface area contributed by atoms with Crippen molar-refractivity contribution >= 4 is 5.69 Å². The van der Waals surface area contributed by atoms with Crippen molar-refractivity contribution < 1.29 is 18.6 Å². The van der Waals surface area contributed by atoms with Crippen molar-refractivity contribution in [3.05, 3.63) is 71.9 Å². The lowest BCUT2D eigenvalue weighted by Gasteiger charge is -2.35. The highest BCUT2D eigenvalue weighted by Crippen LogP contribution is 2.29. The van der Waals surface area contributed by atoms with Gasteiger partial charge in [-0.1, -0.05) is 36.4 Å². The lowest BCUT2D eigenvalue weighted by molar-refractivity contribution is -0.0505. The normalized spacial score (nSPS) is 16.5. The van der Waals surface area contributed by atoms with Gasteiger partial charge in [0.05, 0.1) is 0 Å². The molecule has 29 heavy (non-hydrogen) atoms. The van der Waals surface area contributed by atoms with Gasteiger partial charge in [0, 0.05) is 42.5 Å². The van der Waals surface area contributed by atoms with Gasteiger partial charge in [-0.25, -0.2) is 0 Å². The number of piperidine rings is 1. The van der Waals surface area contributed by atoms with Crippen LogP contribution in [0.3, 0.4) is 0 Å². The van der Waals surface area contributed by atoms with E-state index in [-0.39, 0.29) is 11.8 Å². The maximum Gasteiger partial charge on any atom is 0.387 e. The van der Waals surface area contributed by atoms with Crippen LogP contribution in [0.5, 0.6) is 5.75 Å². The van der Waals surface area contributed by atoms with Crippen molar-refractivity contribution in [3.8, 4) is 5.75 Å². The van der Waals surface area contributed by atoms with Crippen molar-refractivity contribution in [2.24, 2.45) is 5.73 Å². The fourth-order valence-corrected chi connectivity index (χ4v) is 3.67. The summed E-state index contributed by atoms with van der Waals surface area (Å²) in [6, 6.07) is 14.9. The molecule has 7 heteroatoms. The Labute approximate surface area is 169 Å². The molecular weight excluding hydrogens is 376 g/mol. The van der Waals surface area contributed by atoms with Gasteiger partial charge in [0.1, 0.15) is 11.9 Å². The molecule has 0 aromatic heterocycles. The molecule has 2 aromatic rings. The molecule has 5 nitrogen and oxygen atoms in total. The highest BCUT2D eigenvalue weighted by atomic mass is 19.3. The second kappa shape index (κ2) is 10.2. The Morgan fingerprint density at radius 1 is 1.14 bits per heavy atom. The van der Waals surface area contributed by atoms with Crippen LogP contribution in [0, 0.1) is 0 Å². The van der Waals surface area contributed by atoms with E-state index in [4.69, 9.17) is 5.73 Å². The number of nitrogens with zero attached hydrogens (tertiary/aromatic N) is 1. The summed E-state index contributed by atoms with van der Waals surface area (Å²) in [7, 11) is 0. The van der Waals surface area contributed by atoms with Gasteiger partial charge in [-0.3, -0.25) is 0 Å². The van der Waals surface area contributed by atoms with E-state index in [2.05, 4.69) is 15.0 Å². The number of hydrogen-bond donors (Lipinski definition) is 3. The first-order valence-electron chi connectivity index (χ1n) is 9.75. The van der Waals surface area contributed by atoms with Crippen LogP contribution < -0.4 is 20.7 Å². The Hall–Kier alpha value is -2.64. The summed E-state index contributed by atoms with van der Waals surface area (Å²) >= 11 is 0. The van der Waals surface area contributed by atoms with E-state index in [1.165, 1.54) is 6.20 Å². The number of alkyl halides is 2. The summed E-state index contributed by atoms with van der Waals surface area (Å²) in [6.45, 7) is -0.681. The Morgan fingerprint density at radius 3 is 2.55 bits per heavy atom. The summed E-state index contributed by atoms with van der Waals surface area (Å²) in [5.41, 5.74) is 7.98. The minimum Gasteiger partial charge on any atom is -0.434 e. The molecule has 0 aliphatic carbocycles. The molecule has 0 saturated carbocycles. The molecule has 2 aromatic carbocycles. The highest BCUT2D eigenvalue weighted by molar-refractivity contribution is 5.55. The predicted octanol–water partition coefficient (Wildman–Crippen LogP) is 3.55. The average Bonchev–Trinajstić information content (AvgIpc) is 2.73. The first kappa shape index (κ1) is 21.1. The van der Waals surface area contributed by atoms with E-state index in [0.717, 1.165) is 42.7 Å². The maximum absolute atomic E-state index is 12.6. The molecule has 1 saturated heterocycles.